The Bertz CT molecular complexity index is 1230. The van der Waals surface area contributed by atoms with Gasteiger partial charge in [-0.3, -0.25) is 4.98 Å². The highest BCUT2D eigenvalue weighted by atomic mass is 32.1. The van der Waals surface area contributed by atoms with Crippen LogP contribution in [0.2, 0.25) is 0 Å². The molecule has 3 heterocycles. The van der Waals surface area contributed by atoms with Crippen LogP contribution in [0.3, 0.4) is 0 Å². The van der Waals surface area contributed by atoms with Crippen LogP contribution in [0.1, 0.15) is 29.1 Å². The van der Waals surface area contributed by atoms with Crippen LogP contribution in [-0.2, 0) is 0 Å². The van der Waals surface area contributed by atoms with Crippen LogP contribution in [-0.4, -0.2) is 10.1 Å². The van der Waals surface area contributed by atoms with Crippen molar-refractivity contribution < 1.29 is 8.81 Å². The smallest absolute Gasteiger partial charge is 0.174 e. The summed E-state index contributed by atoms with van der Waals surface area (Å²) in [6, 6.07) is 24.2. The van der Waals surface area contributed by atoms with E-state index in [0.717, 1.165) is 28.5 Å². The van der Waals surface area contributed by atoms with Gasteiger partial charge in [-0.15, -0.1) is 0 Å². The zero-order chi connectivity index (χ0) is 21.4. The minimum absolute atomic E-state index is 0.214. The molecule has 0 bridgehead atoms. The number of nitrogens with zero attached hydrogens (tertiary/aromatic N) is 2. The van der Waals surface area contributed by atoms with Crippen molar-refractivity contribution in [3.8, 4) is 11.3 Å². The summed E-state index contributed by atoms with van der Waals surface area (Å²) in [5.41, 5.74) is 3.22. The molecule has 4 aromatic rings. The van der Waals surface area contributed by atoms with Gasteiger partial charge in [0.2, 0.25) is 0 Å². The Kier molecular flexibility index (Phi) is 5.00. The van der Waals surface area contributed by atoms with Gasteiger partial charge in [-0.05, 0) is 67.2 Å². The van der Waals surface area contributed by atoms with Crippen molar-refractivity contribution in [2.45, 2.75) is 19.0 Å². The predicted molar refractivity (Wildman–Crippen MR) is 123 cm³/mol. The monoisotopic (exact) mass is 429 g/mol. The summed E-state index contributed by atoms with van der Waals surface area (Å²) in [5.74, 6) is 1.29. The molecule has 1 fully saturated rings. The van der Waals surface area contributed by atoms with Crippen molar-refractivity contribution in [2.24, 2.45) is 0 Å². The molecule has 4 nitrogen and oxygen atoms in total. The minimum Gasteiger partial charge on any atom is -0.459 e. The third kappa shape index (κ3) is 3.59. The molecule has 1 N–H and O–H groups in total. The van der Waals surface area contributed by atoms with E-state index in [1.165, 1.54) is 6.07 Å². The molecule has 0 amide bonds. The third-order valence-electron chi connectivity index (χ3n) is 5.49. The highest BCUT2D eigenvalue weighted by molar-refractivity contribution is 7.80. The first-order chi connectivity index (χ1) is 15.1. The number of hydrogen-bond donors (Lipinski definition) is 1. The molecule has 0 unspecified atom stereocenters. The van der Waals surface area contributed by atoms with Crippen LogP contribution in [0.25, 0.3) is 11.3 Å². The molecular formula is C25H20FN3OS. The van der Waals surface area contributed by atoms with E-state index in [0.29, 0.717) is 10.7 Å². The van der Waals surface area contributed by atoms with Gasteiger partial charge < -0.3 is 14.6 Å². The van der Waals surface area contributed by atoms with Crippen molar-refractivity contribution >= 4 is 23.0 Å². The maximum absolute atomic E-state index is 13.9. The molecule has 2 aromatic heterocycles. The van der Waals surface area contributed by atoms with Crippen molar-refractivity contribution in [3.63, 3.8) is 0 Å². The first-order valence-electron chi connectivity index (χ1n) is 10.0. The summed E-state index contributed by atoms with van der Waals surface area (Å²) < 4.78 is 20.3. The standard InChI is InChI=1S/C25H20FN3OS/c1-16-15-18(10-11-19(16)26)29-24(23(28-25(29)31)20-9-5-6-14-27-20)22-13-12-21(30-22)17-7-3-2-4-8-17/h2-15,23-24H,1H3,(H,28,31)/t23-,24+/m0/s1. The topological polar surface area (TPSA) is 41.3 Å². The molecule has 2 aromatic carbocycles. The Morgan fingerprint density at radius 1 is 1.00 bits per heavy atom. The first kappa shape index (κ1) is 19.5. The van der Waals surface area contributed by atoms with Gasteiger partial charge in [0.25, 0.3) is 0 Å². The molecule has 6 heteroatoms. The number of aryl methyl sites for hydroxylation is 1. The molecule has 0 spiro atoms. The number of pyridine rings is 1. The van der Waals surface area contributed by atoms with E-state index in [2.05, 4.69) is 10.3 Å². The number of aromatic nitrogens is 1. The van der Waals surface area contributed by atoms with Gasteiger partial charge in [0.15, 0.2) is 5.11 Å². The SMILES string of the molecule is Cc1cc(N2C(=S)N[C@@H](c3ccccn3)[C@H]2c2ccc(-c3ccccc3)o2)ccc1F. The van der Waals surface area contributed by atoms with Gasteiger partial charge in [0, 0.05) is 17.4 Å². The second-order valence-electron chi connectivity index (χ2n) is 7.50. The second kappa shape index (κ2) is 7.96. The molecule has 1 aliphatic rings. The fourth-order valence-corrected chi connectivity index (χ4v) is 4.32. The molecule has 0 saturated carbocycles. The van der Waals surface area contributed by atoms with E-state index in [1.54, 1.807) is 25.3 Å². The number of hydrogen-bond acceptors (Lipinski definition) is 3. The van der Waals surface area contributed by atoms with E-state index >= 15 is 0 Å². The van der Waals surface area contributed by atoms with Gasteiger partial charge in [-0.25, -0.2) is 4.39 Å². The fraction of sp³-hybridized carbons (Fsp3) is 0.120. The number of nitrogens with one attached hydrogen (secondary N) is 1. The van der Waals surface area contributed by atoms with E-state index < -0.39 is 0 Å². The van der Waals surface area contributed by atoms with Crippen LogP contribution in [0.15, 0.2) is 89.5 Å². The Morgan fingerprint density at radius 2 is 1.81 bits per heavy atom. The van der Waals surface area contributed by atoms with Gasteiger partial charge in [-0.2, -0.15) is 0 Å². The molecule has 154 valence electrons. The highest BCUT2D eigenvalue weighted by Gasteiger charge is 2.42. The number of rotatable bonds is 4. The van der Waals surface area contributed by atoms with Crippen LogP contribution in [0.5, 0.6) is 0 Å². The summed E-state index contributed by atoms with van der Waals surface area (Å²) in [6.45, 7) is 1.75. The molecule has 0 aliphatic carbocycles. The van der Waals surface area contributed by atoms with E-state index in [1.807, 2.05) is 65.6 Å². The van der Waals surface area contributed by atoms with Crippen LogP contribution in [0, 0.1) is 12.7 Å². The van der Waals surface area contributed by atoms with Crippen molar-refractivity contribution in [1.82, 2.24) is 10.3 Å². The molecule has 1 saturated heterocycles. The molecule has 1 aliphatic heterocycles. The van der Waals surface area contributed by atoms with E-state index in [-0.39, 0.29) is 17.9 Å². The van der Waals surface area contributed by atoms with Crippen molar-refractivity contribution in [3.05, 3.63) is 108 Å². The molecule has 31 heavy (non-hydrogen) atoms. The van der Waals surface area contributed by atoms with Crippen LogP contribution in [0.4, 0.5) is 10.1 Å². The summed E-state index contributed by atoms with van der Waals surface area (Å²) in [5, 5.41) is 3.94. The lowest BCUT2D eigenvalue weighted by atomic mass is 10.0. The average molecular weight is 430 g/mol. The molecule has 0 radical (unpaired) electrons. The van der Waals surface area contributed by atoms with Gasteiger partial charge >= 0.3 is 0 Å². The van der Waals surface area contributed by atoms with Gasteiger partial charge in [0.1, 0.15) is 23.4 Å². The summed E-state index contributed by atoms with van der Waals surface area (Å²) in [4.78, 5) is 6.53. The lowest BCUT2D eigenvalue weighted by Crippen LogP contribution is -2.29. The maximum Gasteiger partial charge on any atom is 0.174 e. The van der Waals surface area contributed by atoms with E-state index in [4.69, 9.17) is 16.6 Å². The van der Waals surface area contributed by atoms with Gasteiger partial charge in [0.05, 0.1) is 11.7 Å². The Balaban J connectivity index is 1.61. The lowest BCUT2D eigenvalue weighted by Gasteiger charge is -2.26. The number of furan rings is 1. The Morgan fingerprint density at radius 3 is 2.55 bits per heavy atom. The minimum atomic E-state index is -0.273. The molecule has 5 rings (SSSR count). The number of thiocarbonyl (C=S) groups is 1. The van der Waals surface area contributed by atoms with Crippen molar-refractivity contribution in [2.75, 3.05) is 4.90 Å². The zero-order valence-corrected chi connectivity index (χ0v) is 17.6. The molecule has 2 atom stereocenters. The summed E-state index contributed by atoms with van der Waals surface area (Å²) >= 11 is 5.70. The lowest BCUT2D eigenvalue weighted by molar-refractivity contribution is 0.439. The maximum atomic E-state index is 13.9. The number of halogens is 1. The highest BCUT2D eigenvalue weighted by Crippen LogP contribution is 2.43. The van der Waals surface area contributed by atoms with Crippen LogP contribution < -0.4 is 10.2 Å². The quantitative estimate of drug-likeness (QED) is 0.405. The average Bonchev–Trinajstić information content (AvgIpc) is 3.41. The predicted octanol–water partition coefficient (Wildman–Crippen LogP) is 5.97. The summed E-state index contributed by atoms with van der Waals surface area (Å²) in [7, 11) is 0. The second-order valence-corrected chi connectivity index (χ2v) is 7.88. The molecular weight excluding hydrogens is 409 g/mol. The van der Waals surface area contributed by atoms with Crippen LogP contribution >= 0.6 is 12.2 Å². The van der Waals surface area contributed by atoms with Gasteiger partial charge in [-0.1, -0.05) is 36.4 Å². The van der Waals surface area contributed by atoms with E-state index in [9.17, 15) is 4.39 Å². The first-order valence-corrected chi connectivity index (χ1v) is 10.4. The van der Waals surface area contributed by atoms with Crippen molar-refractivity contribution in [1.29, 1.82) is 0 Å². The third-order valence-corrected chi connectivity index (χ3v) is 5.81. The normalized spacial score (nSPS) is 18.3. The Labute approximate surface area is 185 Å². The summed E-state index contributed by atoms with van der Waals surface area (Å²) in [6.07, 6.45) is 1.76. The number of anilines is 1. The Hall–Kier alpha value is -3.51. The fourth-order valence-electron chi connectivity index (χ4n) is 3.97. The zero-order valence-electron chi connectivity index (χ0n) is 16.8. The number of benzene rings is 2. The largest absolute Gasteiger partial charge is 0.459 e.